The molecule has 8 nitrogen and oxygen atoms in total. The Hall–Kier alpha value is -3.39. The molecule has 0 aromatic heterocycles. The molecule has 0 spiro atoms. The summed E-state index contributed by atoms with van der Waals surface area (Å²) >= 11 is 0. The Bertz CT molecular complexity index is 1100. The highest BCUT2D eigenvalue weighted by Gasteiger charge is 2.26. The molecule has 2 aliphatic heterocycles. The SMILES string of the molecule is CCCCc1ccc(C(=O)N2Cc3ccc(OCCN4CCNC(=O)C4)cc3C2)cc1C(=O)NC. The molecule has 4 rings (SSSR count). The summed E-state index contributed by atoms with van der Waals surface area (Å²) < 4.78 is 5.93. The number of nitrogens with one attached hydrogen (secondary N) is 2. The Morgan fingerprint density at radius 1 is 1.09 bits per heavy atom. The first-order valence-corrected chi connectivity index (χ1v) is 12.4. The minimum Gasteiger partial charge on any atom is -0.492 e. The Morgan fingerprint density at radius 2 is 1.91 bits per heavy atom. The zero-order valence-electron chi connectivity index (χ0n) is 20.6. The van der Waals surface area contributed by atoms with E-state index in [1.807, 2.05) is 30.3 Å². The number of fused-ring (bicyclic) bond motifs is 1. The van der Waals surface area contributed by atoms with Gasteiger partial charge in [-0.2, -0.15) is 0 Å². The Balaban J connectivity index is 1.38. The van der Waals surface area contributed by atoms with Gasteiger partial charge in [-0.15, -0.1) is 0 Å². The summed E-state index contributed by atoms with van der Waals surface area (Å²) in [4.78, 5) is 41.1. The number of hydrogen-bond acceptors (Lipinski definition) is 5. The minimum atomic E-state index is -0.164. The fourth-order valence-electron chi connectivity index (χ4n) is 4.60. The van der Waals surface area contributed by atoms with Crippen molar-refractivity contribution in [1.29, 1.82) is 0 Å². The molecule has 0 saturated carbocycles. The molecule has 2 heterocycles. The maximum atomic E-state index is 13.3. The van der Waals surface area contributed by atoms with Crippen LogP contribution < -0.4 is 15.4 Å². The van der Waals surface area contributed by atoms with Crippen molar-refractivity contribution in [3.8, 4) is 5.75 Å². The molecule has 2 aliphatic rings. The highest BCUT2D eigenvalue weighted by atomic mass is 16.5. The van der Waals surface area contributed by atoms with E-state index in [4.69, 9.17) is 4.74 Å². The van der Waals surface area contributed by atoms with E-state index in [2.05, 4.69) is 22.5 Å². The molecule has 0 bridgehead atoms. The number of piperazine rings is 1. The molecular formula is C27H34N4O4. The minimum absolute atomic E-state index is 0.0524. The fourth-order valence-corrected chi connectivity index (χ4v) is 4.60. The van der Waals surface area contributed by atoms with Gasteiger partial charge in [0.2, 0.25) is 5.91 Å². The number of benzene rings is 2. The van der Waals surface area contributed by atoms with Crippen LogP contribution >= 0.6 is 0 Å². The van der Waals surface area contributed by atoms with Crippen LogP contribution in [0, 0.1) is 0 Å². The molecule has 1 saturated heterocycles. The lowest BCUT2D eigenvalue weighted by Gasteiger charge is -2.26. The molecule has 1 fully saturated rings. The van der Waals surface area contributed by atoms with E-state index in [0.29, 0.717) is 50.5 Å². The molecule has 0 unspecified atom stereocenters. The van der Waals surface area contributed by atoms with Gasteiger partial charge in [-0.1, -0.05) is 25.5 Å². The zero-order chi connectivity index (χ0) is 24.8. The summed E-state index contributed by atoms with van der Waals surface area (Å²) in [6.45, 7) is 6.26. The lowest BCUT2D eigenvalue weighted by Crippen LogP contribution is -2.48. The number of unbranched alkanes of at least 4 members (excludes halogenated alkanes) is 1. The molecule has 0 aliphatic carbocycles. The average molecular weight is 479 g/mol. The first-order valence-electron chi connectivity index (χ1n) is 12.4. The fraction of sp³-hybridized carbons (Fsp3) is 0.444. The molecule has 2 N–H and O–H groups in total. The highest BCUT2D eigenvalue weighted by molar-refractivity contribution is 6.00. The molecule has 2 aromatic rings. The van der Waals surface area contributed by atoms with Crippen LogP contribution in [-0.4, -0.2) is 67.4 Å². The van der Waals surface area contributed by atoms with Crippen molar-refractivity contribution in [1.82, 2.24) is 20.4 Å². The highest BCUT2D eigenvalue weighted by Crippen LogP contribution is 2.28. The second kappa shape index (κ2) is 11.4. The van der Waals surface area contributed by atoms with Crippen molar-refractivity contribution >= 4 is 17.7 Å². The number of carbonyl (C=O) groups excluding carboxylic acids is 3. The average Bonchev–Trinajstić information content (AvgIpc) is 3.30. The van der Waals surface area contributed by atoms with Crippen molar-refractivity contribution in [2.24, 2.45) is 0 Å². The van der Waals surface area contributed by atoms with Crippen molar-refractivity contribution in [3.05, 3.63) is 64.2 Å². The van der Waals surface area contributed by atoms with Gasteiger partial charge in [-0.05, 0) is 53.8 Å². The van der Waals surface area contributed by atoms with Crippen LogP contribution in [0.5, 0.6) is 5.75 Å². The summed E-state index contributed by atoms with van der Waals surface area (Å²) in [7, 11) is 1.61. The molecule has 186 valence electrons. The van der Waals surface area contributed by atoms with Gasteiger partial charge in [-0.25, -0.2) is 0 Å². The number of nitrogens with zero attached hydrogens (tertiary/aromatic N) is 2. The van der Waals surface area contributed by atoms with Gasteiger partial charge in [-0.3, -0.25) is 19.3 Å². The van der Waals surface area contributed by atoms with E-state index in [-0.39, 0.29) is 17.7 Å². The summed E-state index contributed by atoms with van der Waals surface area (Å²) in [5.41, 5.74) is 4.24. The number of amides is 3. The molecule has 8 heteroatoms. The van der Waals surface area contributed by atoms with Gasteiger partial charge >= 0.3 is 0 Å². The summed E-state index contributed by atoms with van der Waals surface area (Å²) in [5.74, 6) is 0.569. The van der Waals surface area contributed by atoms with Crippen LogP contribution in [0.1, 0.15) is 57.2 Å². The maximum absolute atomic E-state index is 13.3. The van der Waals surface area contributed by atoms with E-state index in [0.717, 1.165) is 48.2 Å². The van der Waals surface area contributed by atoms with Crippen LogP contribution in [0.15, 0.2) is 36.4 Å². The van der Waals surface area contributed by atoms with Crippen molar-refractivity contribution in [3.63, 3.8) is 0 Å². The number of hydrogen-bond donors (Lipinski definition) is 2. The third kappa shape index (κ3) is 6.00. The second-order valence-corrected chi connectivity index (χ2v) is 9.12. The Kier molecular flexibility index (Phi) is 8.02. The second-order valence-electron chi connectivity index (χ2n) is 9.12. The predicted octanol–water partition coefficient (Wildman–Crippen LogP) is 2.36. The lowest BCUT2D eigenvalue weighted by molar-refractivity contribution is -0.124. The molecule has 2 aromatic carbocycles. The zero-order valence-corrected chi connectivity index (χ0v) is 20.6. The van der Waals surface area contributed by atoms with E-state index >= 15 is 0 Å². The Labute approximate surface area is 206 Å². The van der Waals surface area contributed by atoms with E-state index < -0.39 is 0 Å². The molecular weight excluding hydrogens is 444 g/mol. The van der Waals surface area contributed by atoms with Crippen molar-refractivity contribution < 1.29 is 19.1 Å². The Morgan fingerprint density at radius 3 is 2.69 bits per heavy atom. The largest absolute Gasteiger partial charge is 0.492 e. The molecule has 0 radical (unpaired) electrons. The lowest BCUT2D eigenvalue weighted by atomic mass is 9.98. The topological polar surface area (TPSA) is 91.0 Å². The van der Waals surface area contributed by atoms with Crippen LogP contribution in [0.25, 0.3) is 0 Å². The molecule has 3 amide bonds. The van der Waals surface area contributed by atoms with Gasteiger partial charge in [0.15, 0.2) is 0 Å². The quantitative estimate of drug-likeness (QED) is 0.578. The first kappa shape index (κ1) is 24.7. The van der Waals surface area contributed by atoms with Gasteiger partial charge in [0.25, 0.3) is 11.8 Å². The number of rotatable bonds is 9. The van der Waals surface area contributed by atoms with Crippen molar-refractivity contribution in [2.75, 3.05) is 39.8 Å². The van der Waals surface area contributed by atoms with E-state index in [1.165, 1.54) is 0 Å². The summed E-state index contributed by atoms with van der Waals surface area (Å²) in [5, 5.41) is 5.52. The normalized spacial score (nSPS) is 15.5. The van der Waals surface area contributed by atoms with Crippen LogP contribution in [0.2, 0.25) is 0 Å². The third-order valence-electron chi connectivity index (χ3n) is 6.61. The van der Waals surface area contributed by atoms with Crippen molar-refractivity contribution in [2.45, 2.75) is 39.3 Å². The van der Waals surface area contributed by atoms with Crippen LogP contribution in [0.4, 0.5) is 0 Å². The van der Waals surface area contributed by atoms with Crippen LogP contribution in [0.3, 0.4) is 0 Å². The third-order valence-corrected chi connectivity index (χ3v) is 6.61. The van der Waals surface area contributed by atoms with Gasteiger partial charge < -0.3 is 20.3 Å². The molecule has 35 heavy (non-hydrogen) atoms. The van der Waals surface area contributed by atoms with Gasteiger partial charge in [0.05, 0.1) is 6.54 Å². The summed E-state index contributed by atoms with van der Waals surface area (Å²) in [6, 6.07) is 11.4. The summed E-state index contributed by atoms with van der Waals surface area (Å²) in [6.07, 6.45) is 2.86. The standard InChI is InChI=1S/C27H34N4O4/c1-3-4-5-19-6-7-20(15-24(19)26(33)28-2)27(34)31-16-21-8-9-23(14-22(21)17-31)35-13-12-30-11-10-29-25(32)18-30/h6-9,14-15H,3-5,10-13,16-18H2,1-2H3,(H,28,33)(H,29,32). The van der Waals surface area contributed by atoms with Crippen LogP contribution in [-0.2, 0) is 24.3 Å². The first-order chi connectivity index (χ1) is 17.0. The molecule has 0 atom stereocenters. The monoisotopic (exact) mass is 478 g/mol. The van der Waals surface area contributed by atoms with Gasteiger partial charge in [0, 0.05) is 50.9 Å². The smallest absolute Gasteiger partial charge is 0.254 e. The maximum Gasteiger partial charge on any atom is 0.254 e. The van der Waals surface area contributed by atoms with E-state index in [1.54, 1.807) is 18.0 Å². The number of ether oxygens (including phenoxy) is 1. The predicted molar refractivity (Wildman–Crippen MR) is 133 cm³/mol. The van der Waals surface area contributed by atoms with E-state index in [9.17, 15) is 14.4 Å². The number of carbonyl (C=O) groups is 3. The van der Waals surface area contributed by atoms with Gasteiger partial charge in [0.1, 0.15) is 12.4 Å². The number of aryl methyl sites for hydroxylation is 1.